The van der Waals surface area contributed by atoms with Crippen molar-refractivity contribution in [1.82, 2.24) is 14.9 Å². The van der Waals surface area contributed by atoms with Crippen molar-refractivity contribution < 1.29 is 9.26 Å². The summed E-state index contributed by atoms with van der Waals surface area (Å²) in [6.07, 6.45) is 1.86. The highest BCUT2D eigenvalue weighted by molar-refractivity contribution is 6.30. The van der Waals surface area contributed by atoms with Crippen molar-refractivity contribution in [3.05, 3.63) is 46.9 Å². The predicted octanol–water partition coefficient (Wildman–Crippen LogP) is 4.44. The summed E-state index contributed by atoms with van der Waals surface area (Å²) in [7, 11) is 1.90. The largest absolute Gasteiger partial charge is 0.489 e. The zero-order valence-corrected chi connectivity index (χ0v) is 15.5. The highest BCUT2D eigenvalue weighted by Crippen LogP contribution is 2.30. The summed E-state index contributed by atoms with van der Waals surface area (Å²) in [4.78, 5) is 0. The molecule has 0 aliphatic heterocycles. The van der Waals surface area contributed by atoms with Crippen LogP contribution in [0.5, 0.6) is 5.75 Å². The van der Waals surface area contributed by atoms with Gasteiger partial charge in [0.05, 0.1) is 24.5 Å². The van der Waals surface area contributed by atoms with Crippen LogP contribution in [0, 0.1) is 6.92 Å². The van der Waals surface area contributed by atoms with E-state index in [-0.39, 0.29) is 6.10 Å². The van der Waals surface area contributed by atoms with Crippen LogP contribution < -0.4 is 10.1 Å². The highest BCUT2D eigenvalue weighted by atomic mass is 35.5. The maximum atomic E-state index is 6.10. The zero-order chi connectivity index (χ0) is 18.0. The molecule has 25 heavy (non-hydrogen) atoms. The number of rotatable bonds is 6. The van der Waals surface area contributed by atoms with Gasteiger partial charge in [-0.1, -0.05) is 16.8 Å². The van der Waals surface area contributed by atoms with Crippen molar-refractivity contribution >= 4 is 17.3 Å². The zero-order valence-electron chi connectivity index (χ0n) is 14.7. The summed E-state index contributed by atoms with van der Waals surface area (Å²) >= 11 is 6.10. The lowest BCUT2D eigenvalue weighted by Crippen LogP contribution is -2.08. The maximum absolute atomic E-state index is 6.10. The average molecular weight is 361 g/mol. The Kier molecular flexibility index (Phi) is 4.99. The lowest BCUT2D eigenvalue weighted by molar-refractivity contribution is 0.243. The number of hydrogen-bond acceptors (Lipinski definition) is 5. The third kappa shape index (κ3) is 3.96. The van der Waals surface area contributed by atoms with Gasteiger partial charge in [-0.05, 0) is 39.0 Å². The van der Waals surface area contributed by atoms with Crippen LogP contribution in [-0.4, -0.2) is 21.0 Å². The Morgan fingerprint density at radius 3 is 2.80 bits per heavy atom. The van der Waals surface area contributed by atoms with Crippen molar-refractivity contribution in [2.45, 2.75) is 33.4 Å². The second kappa shape index (κ2) is 7.19. The van der Waals surface area contributed by atoms with Crippen LogP contribution >= 0.6 is 11.6 Å². The van der Waals surface area contributed by atoms with E-state index < -0.39 is 0 Å². The first-order valence-corrected chi connectivity index (χ1v) is 8.46. The van der Waals surface area contributed by atoms with E-state index in [9.17, 15) is 0 Å². The molecular formula is C18H21ClN4O2. The minimum atomic E-state index is 0.0761. The molecule has 3 aromatic rings. The number of nitrogens with zero attached hydrogens (tertiary/aromatic N) is 3. The van der Waals surface area contributed by atoms with Crippen LogP contribution in [0.1, 0.15) is 25.3 Å². The fourth-order valence-corrected chi connectivity index (χ4v) is 2.62. The molecule has 0 radical (unpaired) electrons. The highest BCUT2D eigenvalue weighted by Gasteiger charge is 2.13. The molecule has 0 saturated carbocycles. The van der Waals surface area contributed by atoms with Crippen molar-refractivity contribution in [2.75, 3.05) is 5.32 Å². The summed E-state index contributed by atoms with van der Waals surface area (Å²) in [6, 6.07) is 7.41. The van der Waals surface area contributed by atoms with Crippen LogP contribution in [0.2, 0.25) is 5.02 Å². The Morgan fingerprint density at radius 1 is 1.32 bits per heavy atom. The van der Waals surface area contributed by atoms with Gasteiger partial charge in [0.15, 0.2) is 5.76 Å². The molecule has 0 spiro atoms. The third-order valence-electron chi connectivity index (χ3n) is 3.83. The van der Waals surface area contributed by atoms with E-state index in [1.807, 2.05) is 56.8 Å². The smallest absolute Gasteiger partial charge is 0.156 e. The quantitative estimate of drug-likeness (QED) is 0.704. The van der Waals surface area contributed by atoms with E-state index in [0.29, 0.717) is 17.3 Å². The van der Waals surface area contributed by atoms with Gasteiger partial charge in [0, 0.05) is 29.4 Å². The standard InChI is InChI=1S/C18H21ClN4O2/c1-11(2)24-18-6-5-13(19)7-17(18)20-9-14-8-16(22-25-14)15-10-21-23(4)12(15)3/h5-8,10-11,20H,9H2,1-4H3. The molecule has 132 valence electrons. The molecule has 0 bridgehead atoms. The van der Waals surface area contributed by atoms with Gasteiger partial charge in [0.2, 0.25) is 0 Å². The summed E-state index contributed by atoms with van der Waals surface area (Å²) in [5, 5.41) is 12.3. The van der Waals surface area contributed by atoms with Gasteiger partial charge in [0.25, 0.3) is 0 Å². The molecule has 6 nitrogen and oxygen atoms in total. The Labute approximate surface area is 151 Å². The van der Waals surface area contributed by atoms with Crippen LogP contribution in [0.4, 0.5) is 5.69 Å². The van der Waals surface area contributed by atoms with E-state index >= 15 is 0 Å². The predicted molar refractivity (Wildman–Crippen MR) is 98.0 cm³/mol. The number of anilines is 1. The van der Waals surface area contributed by atoms with E-state index in [1.54, 1.807) is 6.20 Å². The molecule has 3 rings (SSSR count). The molecule has 0 aliphatic rings. The van der Waals surface area contributed by atoms with Gasteiger partial charge in [-0.3, -0.25) is 4.68 Å². The van der Waals surface area contributed by atoms with Gasteiger partial charge < -0.3 is 14.6 Å². The van der Waals surface area contributed by atoms with Crippen molar-refractivity contribution in [3.63, 3.8) is 0 Å². The monoisotopic (exact) mass is 360 g/mol. The lowest BCUT2D eigenvalue weighted by Gasteiger charge is -2.15. The second-order valence-electron chi connectivity index (χ2n) is 6.11. The van der Waals surface area contributed by atoms with Gasteiger partial charge in [-0.25, -0.2) is 0 Å². The number of hydrogen-bond donors (Lipinski definition) is 1. The first kappa shape index (κ1) is 17.4. The lowest BCUT2D eigenvalue weighted by atomic mass is 10.2. The van der Waals surface area contributed by atoms with Crippen LogP contribution in [0.25, 0.3) is 11.3 Å². The Morgan fingerprint density at radius 2 is 2.12 bits per heavy atom. The first-order chi connectivity index (χ1) is 11.9. The number of aryl methyl sites for hydroxylation is 1. The normalized spacial score (nSPS) is 11.1. The summed E-state index contributed by atoms with van der Waals surface area (Å²) in [5.41, 5.74) is 3.59. The Bertz CT molecular complexity index is 870. The summed E-state index contributed by atoms with van der Waals surface area (Å²) < 4.78 is 13.0. The number of benzene rings is 1. The molecule has 2 heterocycles. The summed E-state index contributed by atoms with van der Waals surface area (Å²) in [5.74, 6) is 1.47. The maximum Gasteiger partial charge on any atom is 0.156 e. The molecule has 0 fully saturated rings. The Balaban J connectivity index is 1.74. The fraction of sp³-hybridized carbons (Fsp3) is 0.333. The van der Waals surface area contributed by atoms with Crippen molar-refractivity contribution in [2.24, 2.45) is 7.05 Å². The molecular weight excluding hydrogens is 340 g/mol. The number of nitrogens with one attached hydrogen (secondary N) is 1. The molecule has 0 saturated heterocycles. The minimum absolute atomic E-state index is 0.0761. The molecule has 1 N–H and O–H groups in total. The van der Waals surface area contributed by atoms with Gasteiger partial charge in [-0.2, -0.15) is 5.10 Å². The van der Waals surface area contributed by atoms with Crippen LogP contribution in [0.3, 0.4) is 0 Å². The van der Waals surface area contributed by atoms with Crippen molar-refractivity contribution in [1.29, 1.82) is 0 Å². The van der Waals surface area contributed by atoms with Gasteiger partial charge in [-0.15, -0.1) is 0 Å². The summed E-state index contributed by atoms with van der Waals surface area (Å²) in [6.45, 7) is 6.44. The second-order valence-corrected chi connectivity index (χ2v) is 6.54. The first-order valence-electron chi connectivity index (χ1n) is 8.08. The van der Waals surface area contributed by atoms with Crippen LogP contribution in [-0.2, 0) is 13.6 Å². The fourth-order valence-electron chi connectivity index (χ4n) is 2.45. The van der Waals surface area contributed by atoms with Gasteiger partial charge in [0.1, 0.15) is 11.4 Å². The van der Waals surface area contributed by atoms with E-state index in [1.165, 1.54) is 0 Å². The SMILES string of the molecule is Cc1c(-c2cc(CNc3cc(Cl)ccc3OC(C)C)on2)cnn1C. The van der Waals surface area contributed by atoms with Crippen molar-refractivity contribution in [3.8, 4) is 17.0 Å². The van der Waals surface area contributed by atoms with E-state index in [0.717, 1.165) is 28.4 Å². The number of halogens is 1. The molecule has 2 aromatic heterocycles. The molecule has 1 aromatic carbocycles. The van der Waals surface area contributed by atoms with E-state index in [4.69, 9.17) is 20.9 Å². The molecule has 0 amide bonds. The number of aromatic nitrogens is 3. The van der Waals surface area contributed by atoms with Crippen LogP contribution in [0.15, 0.2) is 35.0 Å². The number of ether oxygens (including phenoxy) is 1. The Hall–Kier alpha value is -2.47. The topological polar surface area (TPSA) is 65.1 Å². The molecule has 0 unspecified atom stereocenters. The average Bonchev–Trinajstić information content (AvgIpc) is 3.15. The van der Waals surface area contributed by atoms with E-state index in [2.05, 4.69) is 15.6 Å². The van der Waals surface area contributed by atoms with Gasteiger partial charge >= 0.3 is 0 Å². The molecule has 0 aliphatic carbocycles. The third-order valence-corrected chi connectivity index (χ3v) is 4.06. The molecule has 7 heteroatoms. The molecule has 0 atom stereocenters. The minimum Gasteiger partial charge on any atom is -0.489 e.